The lowest BCUT2D eigenvalue weighted by atomic mass is 10.3. The Morgan fingerprint density at radius 1 is 1.33 bits per heavy atom. The van der Waals surface area contributed by atoms with E-state index in [0.717, 1.165) is 5.69 Å². The average molecular weight is 247 g/mol. The molecule has 0 aliphatic carbocycles. The van der Waals surface area contributed by atoms with Gasteiger partial charge in [-0.25, -0.2) is 4.63 Å². The SMILES string of the molecule is CC(=O)Nc1ccc(OCc2nonc2C)cc1. The summed E-state index contributed by atoms with van der Waals surface area (Å²) in [5.41, 5.74) is 2.11. The van der Waals surface area contributed by atoms with Crippen LogP contribution in [0.1, 0.15) is 18.3 Å². The van der Waals surface area contributed by atoms with Gasteiger partial charge in [0.25, 0.3) is 0 Å². The Kier molecular flexibility index (Phi) is 3.57. The molecule has 0 atom stereocenters. The number of amides is 1. The summed E-state index contributed by atoms with van der Waals surface area (Å²) in [6.45, 7) is 3.56. The molecule has 0 unspecified atom stereocenters. The molecule has 94 valence electrons. The van der Waals surface area contributed by atoms with Crippen molar-refractivity contribution in [2.24, 2.45) is 0 Å². The number of nitrogens with one attached hydrogen (secondary N) is 1. The first-order chi connectivity index (χ1) is 8.65. The summed E-state index contributed by atoms with van der Waals surface area (Å²) in [7, 11) is 0. The molecular formula is C12H13N3O3. The van der Waals surface area contributed by atoms with Crippen LogP contribution in [0.3, 0.4) is 0 Å². The van der Waals surface area contributed by atoms with Crippen LogP contribution in [0.5, 0.6) is 5.75 Å². The molecule has 1 amide bonds. The molecule has 0 aliphatic rings. The Bertz CT molecular complexity index is 534. The Morgan fingerprint density at radius 3 is 2.61 bits per heavy atom. The van der Waals surface area contributed by atoms with Gasteiger partial charge in [-0.2, -0.15) is 0 Å². The molecule has 1 heterocycles. The van der Waals surface area contributed by atoms with Crippen LogP contribution in [0.25, 0.3) is 0 Å². The van der Waals surface area contributed by atoms with Crippen molar-refractivity contribution in [1.82, 2.24) is 10.3 Å². The molecule has 1 aromatic heterocycles. The minimum absolute atomic E-state index is 0.104. The molecule has 6 heteroatoms. The standard InChI is InChI=1S/C12H13N3O3/c1-8-12(15-18-14-8)7-17-11-5-3-10(4-6-11)13-9(2)16/h3-6H,7H2,1-2H3,(H,13,16). The maximum atomic E-state index is 10.8. The molecule has 2 rings (SSSR count). The molecule has 0 radical (unpaired) electrons. The largest absolute Gasteiger partial charge is 0.487 e. The number of rotatable bonds is 4. The van der Waals surface area contributed by atoms with Gasteiger partial charge in [0.2, 0.25) is 5.91 Å². The van der Waals surface area contributed by atoms with Crippen LogP contribution in [0.4, 0.5) is 5.69 Å². The van der Waals surface area contributed by atoms with E-state index in [1.807, 2.05) is 0 Å². The highest BCUT2D eigenvalue weighted by Gasteiger charge is 2.05. The first-order valence-corrected chi connectivity index (χ1v) is 5.43. The Hall–Kier alpha value is -2.37. The summed E-state index contributed by atoms with van der Waals surface area (Å²) < 4.78 is 10.1. The van der Waals surface area contributed by atoms with Crippen LogP contribution < -0.4 is 10.1 Å². The first-order valence-electron chi connectivity index (χ1n) is 5.43. The molecule has 0 aliphatic heterocycles. The lowest BCUT2D eigenvalue weighted by Gasteiger charge is -2.06. The van der Waals surface area contributed by atoms with Gasteiger partial charge in [0, 0.05) is 12.6 Å². The van der Waals surface area contributed by atoms with Gasteiger partial charge < -0.3 is 10.1 Å². The van der Waals surface area contributed by atoms with Crippen molar-refractivity contribution in [3.05, 3.63) is 35.7 Å². The zero-order chi connectivity index (χ0) is 13.0. The molecule has 0 bridgehead atoms. The molecule has 18 heavy (non-hydrogen) atoms. The van der Waals surface area contributed by atoms with Crippen LogP contribution in [0, 0.1) is 6.92 Å². The second kappa shape index (κ2) is 5.31. The van der Waals surface area contributed by atoms with Crippen LogP contribution >= 0.6 is 0 Å². The van der Waals surface area contributed by atoms with Gasteiger partial charge in [-0.1, -0.05) is 10.3 Å². The molecular weight excluding hydrogens is 234 g/mol. The van der Waals surface area contributed by atoms with Gasteiger partial charge in [-0.05, 0) is 31.2 Å². The van der Waals surface area contributed by atoms with Crippen LogP contribution in [0.15, 0.2) is 28.9 Å². The third-order valence-corrected chi connectivity index (χ3v) is 2.30. The maximum Gasteiger partial charge on any atom is 0.221 e. The Labute approximate surface area is 104 Å². The predicted octanol–water partition coefficient (Wildman–Crippen LogP) is 1.92. The maximum absolute atomic E-state index is 10.8. The molecule has 0 saturated heterocycles. The van der Waals surface area contributed by atoms with E-state index in [1.165, 1.54) is 6.92 Å². The van der Waals surface area contributed by atoms with Crippen molar-refractivity contribution in [3.63, 3.8) is 0 Å². The molecule has 0 saturated carbocycles. The minimum atomic E-state index is -0.104. The molecule has 1 N–H and O–H groups in total. The summed E-state index contributed by atoms with van der Waals surface area (Å²) in [5, 5.41) is 10.1. The predicted molar refractivity (Wildman–Crippen MR) is 64.1 cm³/mol. The quantitative estimate of drug-likeness (QED) is 0.893. The molecule has 2 aromatic rings. The first kappa shape index (κ1) is 12.1. The van der Waals surface area contributed by atoms with E-state index in [-0.39, 0.29) is 5.91 Å². The fourth-order valence-corrected chi connectivity index (χ4v) is 1.37. The number of ether oxygens (including phenoxy) is 1. The van der Waals surface area contributed by atoms with Crippen LogP contribution in [-0.4, -0.2) is 16.2 Å². The van der Waals surface area contributed by atoms with Crippen molar-refractivity contribution in [2.75, 3.05) is 5.32 Å². The molecule has 0 spiro atoms. The van der Waals surface area contributed by atoms with E-state index in [0.29, 0.717) is 23.7 Å². The van der Waals surface area contributed by atoms with Crippen molar-refractivity contribution in [2.45, 2.75) is 20.5 Å². The number of benzene rings is 1. The van der Waals surface area contributed by atoms with Gasteiger partial charge in [-0.15, -0.1) is 0 Å². The van der Waals surface area contributed by atoms with E-state index in [4.69, 9.17) is 4.74 Å². The summed E-state index contributed by atoms with van der Waals surface area (Å²) in [6.07, 6.45) is 0. The van der Waals surface area contributed by atoms with E-state index in [2.05, 4.69) is 20.3 Å². The molecule has 0 fully saturated rings. The number of aryl methyl sites for hydroxylation is 1. The van der Waals surface area contributed by atoms with Crippen molar-refractivity contribution in [3.8, 4) is 5.75 Å². The number of aromatic nitrogens is 2. The summed E-state index contributed by atoms with van der Waals surface area (Å²) in [6, 6.07) is 7.08. The van der Waals surface area contributed by atoms with E-state index in [1.54, 1.807) is 31.2 Å². The van der Waals surface area contributed by atoms with E-state index >= 15 is 0 Å². The van der Waals surface area contributed by atoms with E-state index < -0.39 is 0 Å². The lowest BCUT2D eigenvalue weighted by molar-refractivity contribution is -0.114. The zero-order valence-electron chi connectivity index (χ0n) is 10.1. The highest BCUT2D eigenvalue weighted by atomic mass is 16.6. The third-order valence-electron chi connectivity index (χ3n) is 2.30. The van der Waals surface area contributed by atoms with Crippen molar-refractivity contribution >= 4 is 11.6 Å². The second-order valence-electron chi connectivity index (χ2n) is 3.79. The highest BCUT2D eigenvalue weighted by molar-refractivity contribution is 5.88. The fourth-order valence-electron chi connectivity index (χ4n) is 1.37. The van der Waals surface area contributed by atoms with Gasteiger partial charge in [-0.3, -0.25) is 4.79 Å². The number of carbonyl (C=O) groups excluding carboxylic acids is 1. The summed E-state index contributed by atoms with van der Waals surface area (Å²) in [4.78, 5) is 10.8. The Balaban J connectivity index is 1.94. The van der Waals surface area contributed by atoms with Gasteiger partial charge in [0.15, 0.2) is 0 Å². The van der Waals surface area contributed by atoms with Gasteiger partial charge >= 0.3 is 0 Å². The van der Waals surface area contributed by atoms with Gasteiger partial charge in [0.05, 0.1) is 0 Å². The number of hydrogen-bond donors (Lipinski definition) is 1. The fraction of sp³-hybridized carbons (Fsp3) is 0.250. The average Bonchev–Trinajstić information content (AvgIpc) is 2.73. The number of nitrogens with zero attached hydrogens (tertiary/aromatic N) is 2. The monoisotopic (exact) mass is 247 g/mol. The van der Waals surface area contributed by atoms with Crippen LogP contribution in [-0.2, 0) is 11.4 Å². The smallest absolute Gasteiger partial charge is 0.221 e. The molecule has 1 aromatic carbocycles. The molecule has 6 nitrogen and oxygen atoms in total. The number of carbonyl (C=O) groups is 1. The third kappa shape index (κ3) is 3.07. The van der Waals surface area contributed by atoms with E-state index in [9.17, 15) is 4.79 Å². The Morgan fingerprint density at radius 2 is 2.06 bits per heavy atom. The van der Waals surface area contributed by atoms with Crippen LogP contribution in [0.2, 0.25) is 0 Å². The zero-order valence-corrected chi connectivity index (χ0v) is 10.1. The second-order valence-corrected chi connectivity index (χ2v) is 3.79. The minimum Gasteiger partial charge on any atom is -0.487 e. The van der Waals surface area contributed by atoms with Crippen molar-refractivity contribution < 1.29 is 14.2 Å². The number of anilines is 1. The highest BCUT2D eigenvalue weighted by Crippen LogP contribution is 2.17. The topological polar surface area (TPSA) is 77.2 Å². The number of hydrogen-bond acceptors (Lipinski definition) is 5. The summed E-state index contributed by atoms with van der Waals surface area (Å²) >= 11 is 0. The normalized spacial score (nSPS) is 10.1. The van der Waals surface area contributed by atoms with Crippen molar-refractivity contribution in [1.29, 1.82) is 0 Å². The summed E-state index contributed by atoms with van der Waals surface area (Å²) in [5.74, 6) is 0.583. The lowest BCUT2D eigenvalue weighted by Crippen LogP contribution is -2.05. The van der Waals surface area contributed by atoms with Gasteiger partial charge in [0.1, 0.15) is 23.7 Å².